The second-order valence-corrected chi connectivity index (χ2v) is 5.12. The minimum atomic E-state index is -0.869. The molecule has 0 aromatic heterocycles. The minimum Gasteiger partial charge on any atom is -0.481 e. The highest BCUT2D eigenvalue weighted by molar-refractivity contribution is 5.67. The number of rotatable bonds is 5. The smallest absolute Gasteiger partial charge is 0.305 e. The van der Waals surface area contributed by atoms with Crippen molar-refractivity contribution in [3.63, 3.8) is 0 Å². The molecule has 0 radical (unpaired) electrons. The molecular formula is C14H18N2O5. The summed E-state index contributed by atoms with van der Waals surface area (Å²) in [6.07, 6.45) is 0.00791. The highest BCUT2D eigenvalue weighted by Gasteiger charge is 2.26. The number of benzene rings is 1. The predicted octanol–water partition coefficient (Wildman–Crippen LogP) is 1.58. The highest BCUT2D eigenvalue weighted by Crippen LogP contribution is 2.24. The number of nitro groups is 1. The van der Waals surface area contributed by atoms with Gasteiger partial charge in [0.2, 0.25) is 0 Å². The van der Waals surface area contributed by atoms with E-state index in [2.05, 4.69) is 0 Å². The first-order valence-corrected chi connectivity index (χ1v) is 6.75. The van der Waals surface area contributed by atoms with Gasteiger partial charge in [-0.1, -0.05) is 12.1 Å². The highest BCUT2D eigenvalue weighted by atomic mass is 16.6. The first-order valence-electron chi connectivity index (χ1n) is 6.75. The van der Waals surface area contributed by atoms with Crippen molar-refractivity contribution in [2.24, 2.45) is 0 Å². The normalized spacial score (nSPS) is 19.4. The summed E-state index contributed by atoms with van der Waals surface area (Å²) in [6, 6.07) is 4.78. The second kappa shape index (κ2) is 6.64. The van der Waals surface area contributed by atoms with Crippen molar-refractivity contribution in [1.29, 1.82) is 0 Å². The van der Waals surface area contributed by atoms with Gasteiger partial charge < -0.3 is 9.84 Å². The molecule has 0 saturated carbocycles. The number of nitrogens with zero attached hydrogens (tertiary/aromatic N) is 2. The molecule has 7 nitrogen and oxygen atoms in total. The fourth-order valence-corrected chi connectivity index (χ4v) is 2.54. The van der Waals surface area contributed by atoms with Gasteiger partial charge in [0, 0.05) is 30.8 Å². The summed E-state index contributed by atoms with van der Waals surface area (Å²) in [7, 11) is 0. The Labute approximate surface area is 122 Å². The van der Waals surface area contributed by atoms with Gasteiger partial charge in [0.1, 0.15) is 0 Å². The van der Waals surface area contributed by atoms with Gasteiger partial charge in [-0.05, 0) is 12.5 Å². The lowest BCUT2D eigenvalue weighted by atomic mass is 10.0. The number of ether oxygens (including phenoxy) is 1. The molecule has 0 amide bonds. The SMILES string of the molecule is Cc1c(CN2CCOCC2CC(=O)O)cccc1[N+](=O)[O-]. The molecule has 7 heteroatoms. The summed E-state index contributed by atoms with van der Waals surface area (Å²) < 4.78 is 5.33. The molecule has 1 aliphatic rings. The van der Waals surface area contributed by atoms with Gasteiger partial charge in [-0.2, -0.15) is 0 Å². The van der Waals surface area contributed by atoms with E-state index in [1.54, 1.807) is 13.0 Å². The lowest BCUT2D eigenvalue weighted by molar-refractivity contribution is -0.385. The quantitative estimate of drug-likeness (QED) is 0.654. The van der Waals surface area contributed by atoms with Crippen LogP contribution in [0.2, 0.25) is 0 Å². The molecule has 21 heavy (non-hydrogen) atoms. The average Bonchev–Trinajstić information content (AvgIpc) is 2.42. The van der Waals surface area contributed by atoms with Crippen molar-refractivity contribution >= 4 is 11.7 Å². The monoisotopic (exact) mass is 294 g/mol. The molecule has 2 rings (SSSR count). The lowest BCUT2D eigenvalue weighted by Gasteiger charge is -2.35. The summed E-state index contributed by atoms with van der Waals surface area (Å²) in [5.41, 5.74) is 1.57. The molecular weight excluding hydrogens is 276 g/mol. The second-order valence-electron chi connectivity index (χ2n) is 5.12. The third kappa shape index (κ3) is 3.77. The van der Waals surface area contributed by atoms with E-state index in [0.29, 0.717) is 31.9 Å². The zero-order valence-electron chi connectivity index (χ0n) is 11.8. The third-order valence-electron chi connectivity index (χ3n) is 3.75. The maximum absolute atomic E-state index is 11.0. The van der Waals surface area contributed by atoms with E-state index < -0.39 is 10.9 Å². The van der Waals surface area contributed by atoms with Gasteiger partial charge >= 0.3 is 5.97 Å². The molecule has 1 unspecified atom stereocenters. The zero-order chi connectivity index (χ0) is 15.4. The molecule has 1 saturated heterocycles. The summed E-state index contributed by atoms with van der Waals surface area (Å²) in [6.45, 7) is 3.76. The van der Waals surface area contributed by atoms with Gasteiger partial charge in [-0.3, -0.25) is 19.8 Å². The molecule has 0 spiro atoms. The Morgan fingerprint density at radius 2 is 2.33 bits per heavy atom. The molecule has 1 aromatic rings. The van der Waals surface area contributed by atoms with Crippen LogP contribution in [0.4, 0.5) is 5.69 Å². The predicted molar refractivity (Wildman–Crippen MR) is 75.1 cm³/mol. The van der Waals surface area contributed by atoms with Gasteiger partial charge in [0.25, 0.3) is 5.69 Å². The molecule has 1 N–H and O–H groups in total. The Bertz CT molecular complexity index is 546. The Balaban J connectivity index is 2.17. The number of aliphatic carboxylic acids is 1. The minimum absolute atomic E-state index is 0.00791. The third-order valence-corrected chi connectivity index (χ3v) is 3.75. The Morgan fingerprint density at radius 3 is 3.00 bits per heavy atom. The van der Waals surface area contributed by atoms with Gasteiger partial charge in [-0.25, -0.2) is 0 Å². The summed E-state index contributed by atoms with van der Waals surface area (Å²) in [4.78, 5) is 23.5. The van der Waals surface area contributed by atoms with Crippen LogP contribution >= 0.6 is 0 Å². The van der Waals surface area contributed by atoms with E-state index in [9.17, 15) is 14.9 Å². The molecule has 1 atom stereocenters. The molecule has 0 aliphatic carbocycles. The van der Waals surface area contributed by atoms with Crippen molar-refractivity contribution in [1.82, 2.24) is 4.90 Å². The number of carboxylic acid groups (broad SMARTS) is 1. The fourth-order valence-electron chi connectivity index (χ4n) is 2.54. The zero-order valence-corrected chi connectivity index (χ0v) is 11.8. The lowest BCUT2D eigenvalue weighted by Crippen LogP contribution is -2.46. The van der Waals surface area contributed by atoms with Crippen LogP contribution in [0.15, 0.2) is 18.2 Å². The Hall–Kier alpha value is -1.99. The average molecular weight is 294 g/mol. The van der Waals surface area contributed by atoms with Crippen molar-refractivity contribution < 1.29 is 19.6 Å². The Kier molecular flexibility index (Phi) is 4.87. The van der Waals surface area contributed by atoms with Gasteiger partial charge in [0.05, 0.1) is 24.6 Å². The van der Waals surface area contributed by atoms with Crippen molar-refractivity contribution in [3.8, 4) is 0 Å². The summed E-state index contributed by atoms with van der Waals surface area (Å²) >= 11 is 0. The van der Waals surface area contributed by atoms with Gasteiger partial charge in [0.15, 0.2) is 0 Å². The number of hydrogen-bond acceptors (Lipinski definition) is 5. The van der Waals surface area contributed by atoms with E-state index >= 15 is 0 Å². The first kappa shape index (κ1) is 15.4. The van der Waals surface area contributed by atoms with E-state index in [4.69, 9.17) is 9.84 Å². The number of carboxylic acids is 1. The van der Waals surface area contributed by atoms with Crippen LogP contribution in [0.5, 0.6) is 0 Å². The Morgan fingerprint density at radius 1 is 1.57 bits per heavy atom. The number of carbonyl (C=O) groups is 1. The molecule has 114 valence electrons. The molecule has 0 bridgehead atoms. The van der Waals surface area contributed by atoms with Crippen LogP contribution in [0.25, 0.3) is 0 Å². The fraction of sp³-hybridized carbons (Fsp3) is 0.500. The van der Waals surface area contributed by atoms with Gasteiger partial charge in [-0.15, -0.1) is 0 Å². The first-order chi connectivity index (χ1) is 9.99. The van der Waals surface area contributed by atoms with E-state index in [1.165, 1.54) is 6.07 Å². The van der Waals surface area contributed by atoms with Crippen LogP contribution in [-0.4, -0.2) is 46.7 Å². The molecule has 1 aromatic carbocycles. The van der Waals surface area contributed by atoms with Crippen LogP contribution < -0.4 is 0 Å². The van der Waals surface area contributed by atoms with Crippen LogP contribution in [0.1, 0.15) is 17.5 Å². The molecule has 1 aliphatic heterocycles. The summed E-state index contributed by atoms with van der Waals surface area (Å²) in [5.74, 6) is -0.869. The molecule has 1 fully saturated rings. The van der Waals surface area contributed by atoms with Crippen molar-refractivity contribution in [2.45, 2.75) is 25.9 Å². The van der Waals surface area contributed by atoms with E-state index in [-0.39, 0.29) is 18.2 Å². The summed E-state index contributed by atoms with van der Waals surface area (Å²) in [5, 5.41) is 19.9. The maximum atomic E-state index is 11.0. The van der Waals surface area contributed by atoms with Crippen LogP contribution in [0, 0.1) is 17.0 Å². The maximum Gasteiger partial charge on any atom is 0.305 e. The molecule has 1 heterocycles. The van der Waals surface area contributed by atoms with E-state index in [0.717, 1.165) is 5.56 Å². The number of hydrogen-bond donors (Lipinski definition) is 1. The van der Waals surface area contributed by atoms with Crippen LogP contribution in [0.3, 0.4) is 0 Å². The van der Waals surface area contributed by atoms with Crippen molar-refractivity contribution in [2.75, 3.05) is 19.8 Å². The topological polar surface area (TPSA) is 92.9 Å². The van der Waals surface area contributed by atoms with E-state index in [1.807, 2.05) is 11.0 Å². The van der Waals surface area contributed by atoms with Crippen LogP contribution in [-0.2, 0) is 16.1 Å². The largest absolute Gasteiger partial charge is 0.481 e. The number of nitro benzene ring substituents is 1. The standard InChI is InChI=1S/C14H18N2O5/c1-10-11(3-2-4-13(10)16(19)20)8-15-5-6-21-9-12(15)7-14(17)18/h2-4,12H,5-9H2,1H3,(H,17,18). The number of morpholine rings is 1. The van der Waals surface area contributed by atoms with Crippen molar-refractivity contribution in [3.05, 3.63) is 39.4 Å².